The SMILES string of the molecule is CCC/C=C\C/C=C\CCCCCCCC(=O)OC(COCCCCCCCC/C=C\C/C=C\CCCC)COC1OC(CO)C(O)C(O)C1O. The van der Waals surface area contributed by atoms with Gasteiger partial charge in [0.2, 0.25) is 0 Å². The lowest BCUT2D eigenvalue weighted by atomic mass is 9.99. The Labute approximate surface area is 310 Å². The van der Waals surface area contributed by atoms with Gasteiger partial charge in [0, 0.05) is 13.0 Å². The van der Waals surface area contributed by atoms with Crippen LogP contribution in [0.2, 0.25) is 0 Å². The monoisotopic (exact) mass is 723 g/mol. The summed E-state index contributed by atoms with van der Waals surface area (Å²) in [5, 5.41) is 40.0. The lowest BCUT2D eigenvalue weighted by Crippen LogP contribution is -2.59. The minimum atomic E-state index is -1.54. The number of hydrogen-bond acceptors (Lipinski definition) is 9. The second kappa shape index (κ2) is 34.0. The van der Waals surface area contributed by atoms with E-state index in [0.717, 1.165) is 83.5 Å². The van der Waals surface area contributed by atoms with Crippen LogP contribution in [0.25, 0.3) is 0 Å². The summed E-state index contributed by atoms with van der Waals surface area (Å²) < 4.78 is 22.7. The fourth-order valence-corrected chi connectivity index (χ4v) is 5.72. The molecule has 1 heterocycles. The molecule has 1 fully saturated rings. The van der Waals surface area contributed by atoms with E-state index >= 15 is 0 Å². The van der Waals surface area contributed by atoms with Crippen molar-refractivity contribution in [3.05, 3.63) is 48.6 Å². The van der Waals surface area contributed by atoms with E-state index in [2.05, 4.69) is 62.5 Å². The third kappa shape index (κ3) is 25.7. The highest BCUT2D eigenvalue weighted by molar-refractivity contribution is 5.69. The van der Waals surface area contributed by atoms with Crippen LogP contribution in [0, 0.1) is 0 Å². The normalized spacial score (nSPS) is 21.9. The molecular weight excluding hydrogens is 648 g/mol. The standard InChI is InChI=1S/C42H74O9/c1-3-5-7-9-11-13-15-17-18-20-22-24-26-28-30-32-48-34-36(35-49-42-41(47)40(46)39(45)37(33-43)51-42)50-38(44)31-29-27-25-23-21-19-16-14-12-10-8-6-4-2/h8-11,14-17,36-37,39-43,45-47H,3-7,12-13,18-35H2,1-2H3/b10-8-,11-9-,16-14-,17-15-. The first-order chi connectivity index (χ1) is 24.9. The van der Waals surface area contributed by atoms with Crippen LogP contribution in [0.1, 0.15) is 149 Å². The first kappa shape index (κ1) is 47.2. The van der Waals surface area contributed by atoms with Crippen LogP contribution in [0.5, 0.6) is 0 Å². The predicted molar refractivity (Wildman–Crippen MR) is 205 cm³/mol. The molecule has 51 heavy (non-hydrogen) atoms. The Morgan fingerprint density at radius 2 is 1.18 bits per heavy atom. The minimum absolute atomic E-state index is 0.125. The van der Waals surface area contributed by atoms with Gasteiger partial charge in [-0.3, -0.25) is 4.79 Å². The summed E-state index contributed by atoms with van der Waals surface area (Å²) in [7, 11) is 0. The summed E-state index contributed by atoms with van der Waals surface area (Å²) >= 11 is 0. The Morgan fingerprint density at radius 1 is 0.627 bits per heavy atom. The maximum atomic E-state index is 12.7. The number of aliphatic hydroxyl groups excluding tert-OH is 4. The molecule has 0 radical (unpaired) electrons. The second-order valence-corrected chi connectivity index (χ2v) is 13.7. The molecule has 0 aromatic heterocycles. The molecule has 0 aromatic rings. The van der Waals surface area contributed by atoms with Crippen molar-refractivity contribution in [2.45, 2.75) is 185 Å². The van der Waals surface area contributed by atoms with E-state index in [9.17, 15) is 25.2 Å². The first-order valence-electron chi connectivity index (χ1n) is 20.2. The number of rotatable bonds is 33. The number of carbonyl (C=O) groups is 1. The number of ether oxygens (including phenoxy) is 4. The third-order valence-electron chi connectivity index (χ3n) is 8.95. The summed E-state index contributed by atoms with van der Waals surface area (Å²) in [5.41, 5.74) is 0. The highest BCUT2D eigenvalue weighted by atomic mass is 16.7. The number of esters is 1. The van der Waals surface area contributed by atoms with Gasteiger partial charge in [-0.05, 0) is 64.2 Å². The minimum Gasteiger partial charge on any atom is -0.457 e. The first-order valence-corrected chi connectivity index (χ1v) is 20.2. The Balaban J connectivity index is 2.33. The highest BCUT2D eigenvalue weighted by Gasteiger charge is 2.44. The maximum Gasteiger partial charge on any atom is 0.306 e. The molecule has 6 atom stereocenters. The zero-order valence-electron chi connectivity index (χ0n) is 32.1. The summed E-state index contributed by atoms with van der Waals surface area (Å²) in [6, 6.07) is 0. The number of hydrogen-bond donors (Lipinski definition) is 4. The molecule has 6 unspecified atom stereocenters. The molecule has 4 N–H and O–H groups in total. The average molecular weight is 723 g/mol. The Kier molecular flexibility index (Phi) is 31.4. The van der Waals surface area contributed by atoms with Crippen molar-refractivity contribution in [2.24, 2.45) is 0 Å². The zero-order chi connectivity index (χ0) is 37.2. The van der Waals surface area contributed by atoms with Crippen molar-refractivity contribution in [3.63, 3.8) is 0 Å². The molecular formula is C42H74O9. The lowest BCUT2D eigenvalue weighted by molar-refractivity contribution is -0.305. The van der Waals surface area contributed by atoms with Gasteiger partial charge in [-0.2, -0.15) is 0 Å². The summed E-state index contributed by atoms with van der Waals surface area (Å²) in [6.45, 7) is 4.39. The molecule has 1 aliphatic rings. The molecule has 296 valence electrons. The van der Waals surface area contributed by atoms with Crippen LogP contribution in [0.4, 0.5) is 0 Å². The van der Waals surface area contributed by atoms with E-state index in [4.69, 9.17) is 18.9 Å². The van der Waals surface area contributed by atoms with Gasteiger partial charge in [0.05, 0.1) is 19.8 Å². The molecule has 1 aliphatic heterocycles. The Bertz CT molecular complexity index is 916. The van der Waals surface area contributed by atoms with E-state index < -0.39 is 43.4 Å². The molecule has 1 saturated heterocycles. The summed E-state index contributed by atoms with van der Waals surface area (Å²) in [5.74, 6) is -0.335. The van der Waals surface area contributed by atoms with E-state index in [0.29, 0.717) is 13.0 Å². The van der Waals surface area contributed by atoms with E-state index in [1.54, 1.807) is 0 Å². The summed E-state index contributed by atoms with van der Waals surface area (Å²) in [6.07, 6.45) is 32.7. The van der Waals surface area contributed by atoms with E-state index in [1.165, 1.54) is 44.9 Å². The third-order valence-corrected chi connectivity index (χ3v) is 8.95. The molecule has 0 spiro atoms. The number of aliphatic hydroxyl groups is 4. The molecule has 0 amide bonds. The van der Waals surface area contributed by atoms with Crippen molar-refractivity contribution < 1.29 is 44.2 Å². The van der Waals surface area contributed by atoms with Gasteiger partial charge in [0.15, 0.2) is 6.29 Å². The van der Waals surface area contributed by atoms with Crippen LogP contribution >= 0.6 is 0 Å². The lowest BCUT2D eigenvalue weighted by Gasteiger charge is -2.39. The summed E-state index contributed by atoms with van der Waals surface area (Å²) in [4.78, 5) is 12.7. The van der Waals surface area contributed by atoms with Gasteiger partial charge in [0.25, 0.3) is 0 Å². The molecule has 0 aliphatic carbocycles. The predicted octanol–water partition coefficient (Wildman–Crippen LogP) is 8.19. The quantitative estimate of drug-likeness (QED) is 0.0301. The van der Waals surface area contributed by atoms with Crippen LogP contribution in [0.15, 0.2) is 48.6 Å². The maximum absolute atomic E-state index is 12.7. The van der Waals surface area contributed by atoms with Gasteiger partial charge >= 0.3 is 5.97 Å². The van der Waals surface area contributed by atoms with Crippen LogP contribution in [0.3, 0.4) is 0 Å². The van der Waals surface area contributed by atoms with E-state index in [1.807, 2.05) is 0 Å². The zero-order valence-corrected chi connectivity index (χ0v) is 32.1. The second-order valence-electron chi connectivity index (χ2n) is 13.7. The molecule has 0 saturated carbocycles. The van der Waals surface area contributed by atoms with Gasteiger partial charge in [-0.1, -0.05) is 127 Å². The molecule has 0 aromatic carbocycles. The van der Waals surface area contributed by atoms with Crippen molar-refractivity contribution in [1.29, 1.82) is 0 Å². The Hall–Kier alpha value is -1.85. The number of unbranched alkanes of at least 4 members (excludes halogenated alkanes) is 14. The fraction of sp³-hybridized carbons (Fsp3) is 0.786. The van der Waals surface area contributed by atoms with E-state index in [-0.39, 0.29) is 19.2 Å². The van der Waals surface area contributed by atoms with Crippen molar-refractivity contribution >= 4 is 5.97 Å². The van der Waals surface area contributed by atoms with Gasteiger partial charge in [-0.25, -0.2) is 0 Å². The largest absolute Gasteiger partial charge is 0.457 e. The van der Waals surface area contributed by atoms with Crippen molar-refractivity contribution in [1.82, 2.24) is 0 Å². The molecule has 9 nitrogen and oxygen atoms in total. The average Bonchev–Trinajstić information content (AvgIpc) is 3.13. The van der Waals surface area contributed by atoms with Gasteiger partial charge in [-0.15, -0.1) is 0 Å². The smallest absolute Gasteiger partial charge is 0.306 e. The number of carbonyl (C=O) groups excluding carboxylic acids is 1. The van der Waals surface area contributed by atoms with Gasteiger partial charge < -0.3 is 39.4 Å². The molecule has 1 rings (SSSR count). The topological polar surface area (TPSA) is 135 Å². The van der Waals surface area contributed by atoms with Crippen LogP contribution in [-0.4, -0.2) is 89.6 Å². The van der Waals surface area contributed by atoms with Gasteiger partial charge in [0.1, 0.15) is 30.5 Å². The molecule has 9 heteroatoms. The molecule has 0 bridgehead atoms. The number of allylic oxidation sites excluding steroid dienone is 8. The Morgan fingerprint density at radius 3 is 1.76 bits per heavy atom. The highest BCUT2D eigenvalue weighted by Crippen LogP contribution is 2.22. The van der Waals surface area contributed by atoms with Crippen molar-refractivity contribution in [3.8, 4) is 0 Å². The van der Waals surface area contributed by atoms with Crippen molar-refractivity contribution in [2.75, 3.05) is 26.4 Å². The van der Waals surface area contributed by atoms with Crippen LogP contribution in [-0.2, 0) is 23.7 Å². The van der Waals surface area contributed by atoms with Crippen LogP contribution < -0.4 is 0 Å². The fourth-order valence-electron chi connectivity index (χ4n) is 5.72.